The smallest absolute Gasteiger partial charge is 0.334 e. The Morgan fingerprint density at radius 2 is 2.07 bits per heavy atom. The Bertz CT molecular complexity index is 344. The van der Waals surface area contributed by atoms with Crippen LogP contribution in [-0.2, 0) is 9.53 Å². The average molecular weight is 222 g/mol. The number of esters is 1. The van der Waals surface area contributed by atoms with Gasteiger partial charge in [-0.05, 0) is 18.6 Å². The first kappa shape index (κ1) is 11.9. The minimum atomic E-state index is -0.295. The van der Waals surface area contributed by atoms with Crippen molar-refractivity contribution >= 4 is 24.7 Å². The van der Waals surface area contributed by atoms with Gasteiger partial charge in [-0.2, -0.15) is 12.6 Å². The zero-order valence-corrected chi connectivity index (χ0v) is 9.54. The molecule has 3 heteroatoms. The van der Waals surface area contributed by atoms with Crippen LogP contribution >= 0.6 is 12.6 Å². The summed E-state index contributed by atoms with van der Waals surface area (Å²) < 4.78 is 4.91. The lowest BCUT2D eigenvalue weighted by atomic mass is 10.1. The maximum atomic E-state index is 11.4. The molecule has 0 radical (unpaired) electrons. The molecular formula is C12H14O2S. The van der Waals surface area contributed by atoms with Crippen molar-refractivity contribution in [3.63, 3.8) is 0 Å². The maximum Gasteiger partial charge on any atom is 0.334 e. The average Bonchev–Trinajstić information content (AvgIpc) is 2.27. The molecule has 0 N–H and O–H groups in total. The lowest BCUT2D eigenvalue weighted by Gasteiger charge is -2.03. The third kappa shape index (κ3) is 3.80. The van der Waals surface area contributed by atoms with E-state index in [1.54, 1.807) is 13.0 Å². The first-order chi connectivity index (χ1) is 7.27. The fraction of sp³-hybridized carbons (Fsp3) is 0.250. The standard InChI is InChI=1S/C12H14O2S/c1-2-14-12(13)11(9-15)8-10-6-4-3-5-7-10/h3-8,15H,2,9H2,1H3/b11-8-. The van der Waals surface area contributed by atoms with E-state index in [9.17, 15) is 4.79 Å². The fourth-order valence-electron chi connectivity index (χ4n) is 1.14. The van der Waals surface area contributed by atoms with Gasteiger partial charge in [-0.15, -0.1) is 0 Å². The Labute approximate surface area is 95.4 Å². The highest BCUT2D eigenvalue weighted by Gasteiger charge is 2.07. The van der Waals surface area contributed by atoms with Gasteiger partial charge in [0.25, 0.3) is 0 Å². The molecule has 0 aliphatic heterocycles. The molecule has 80 valence electrons. The van der Waals surface area contributed by atoms with Crippen molar-refractivity contribution in [3.8, 4) is 0 Å². The molecule has 0 fully saturated rings. The molecule has 0 saturated heterocycles. The number of carbonyl (C=O) groups is 1. The number of rotatable bonds is 4. The summed E-state index contributed by atoms with van der Waals surface area (Å²) in [7, 11) is 0. The monoisotopic (exact) mass is 222 g/mol. The van der Waals surface area contributed by atoms with Gasteiger partial charge in [-0.1, -0.05) is 30.3 Å². The molecule has 1 aromatic carbocycles. The first-order valence-electron chi connectivity index (χ1n) is 4.81. The molecular weight excluding hydrogens is 208 g/mol. The van der Waals surface area contributed by atoms with E-state index in [4.69, 9.17) is 4.74 Å². The van der Waals surface area contributed by atoms with E-state index in [1.165, 1.54) is 0 Å². The Morgan fingerprint density at radius 1 is 1.40 bits per heavy atom. The number of ether oxygens (including phenoxy) is 1. The van der Waals surface area contributed by atoms with E-state index in [2.05, 4.69) is 12.6 Å². The molecule has 0 bridgehead atoms. The summed E-state index contributed by atoms with van der Waals surface area (Å²) in [4.78, 5) is 11.4. The van der Waals surface area contributed by atoms with Crippen molar-refractivity contribution in [1.29, 1.82) is 0 Å². The number of benzene rings is 1. The van der Waals surface area contributed by atoms with Crippen LogP contribution in [0.4, 0.5) is 0 Å². The van der Waals surface area contributed by atoms with E-state index in [0.717, 1.165) is 5.56 Å². The van der Waals surface area contributed by atoms with Gasteiger partial charge in [-0.3, -0.25) is 0 Å². The summed E-state index contributed by atoms with van der Waals surface area (Å²) in [6.45, 7) is 2.18. The fourth-order valence-corrected chi connectivity index (χ4v) is 1.36. The largest absolute Gasteiger partial charge is 0.463 e. The van der Waals surface area contributed by atoms with Crippen molar-refractivity contribution in [1.82, 2.24) is 0 Å². The second kappa shape index (κ2) is 6.30. The molecule has 0 saturated carbocycles. The molecule has 0 atom stereocenters. The van der Waals surface area contributed by atoms with Gasteiger partial charge in [0, 0.05) is 11.3 Å². The third-order valence-corrected chi connectivity index (χ3v) is 2.19. The SMILES string of the molecule is CCOC(=O)/C(=C\c1ccccc1)CS. The quantitative estimate of drug-likeness (QED) is 0.481. The summed E-state index contributed by atoms with van der Waals surface area (Å²) >= 11 is 4.11. The number of thiol groups is 1. The molecule has 0 spiro atoms. The lowest BCUT2D eigenvalue weighted by molar-refractivity contribution is -0.138. The normalized spacial score (nSPS) is 11.2. The van der Waals surface area contributed by atoms with Crippen LogP contribution in [0.25, 0.3) is 6.08 Å². The van der Waals surface area contributed by atoms with E-state index in [0.29, 0.717) is 17.9 Å². The Balaban J connectivity index is 2.83. The lowest BCUT2D eigenvalue weighted by Crippen LogP contribution is -2.08. The Kier molecular flexibility index (Phi) is 4.98. The van der Waals surface area contributed by atoms with Gasteiger partial charge in [0.2, 0.25) is 0 Å². The first-order valence-corrected chi connectivity index (χ1v) is 5.44. The molecule has 2 nitrogen and oxygen atoms in total. The van der Waals surface area contributed by atoms with Crippen molar-refractivity contribution < 1.29 is 9.53 Å². The van der Waals surface area contributed by atoms with E-state index >= 15 is 0 Å². The van der Waals surface area contributed by atoms with E-state index in [-0.39, 0.29) is 5.97 Å². The summed E-state index contributed by atoms with van der Waals surface area (Å²) in [5.41, 5.74) is 1.56. The van der Waals surface area contributed by atoms with Gasteiger partial charge in [0.15, 0.2) is 0 Å². The molecule has 0 amide bonds. The summed E-state index contributed by atoms with van der Waals surface area (Å²) in [6.07, 6.45) is 1.80. The predicted octanol–water partition coefficient (Wildman–Crippen LogP) is 2.56. The zero-order chi connectivity index (χ0) is 11.1. The Hall–Kier alpha value is -1.22. The molecule has 15 heavy (non-hydrogen) atoms. The Morgan fingerprint density at radius 3 is 2.60 bits per heavy atom. The second-order valence-electron chi connectivity index (χ2n) is 2.96. The third-order valence-electron chi connectivity index (χ3n) is 1.85. The minimum Gasteiger partial charge on any atom is -0.463 e. The van der Waals surface area contributed by atoms with Gasteiger partial charge < -0.3 is 4.74 Å². The van der Waals surface area contributed by atoms with Crippen LogP contribution in [0.15, 0.2) is 35.9 Å². The molecule has 1 aromatic rings. The summed E-state index contributed by atoms with van der Waals surface area (Å²) in [5, 5.41) is 0. The van der Waals surface area contributed by atoms with Gasteiger partial charge >= 0.3 is 5.97 Å². The summed E-state index contributed by atoms with van der Waals surface area (Å²) in [6, 6.07) is 9.65. The molecule has 1 rings (SSSR count). The highest BCUT2D eigenvalue weighted by Crippen LogP contribution is 2.09. The second-order valence-corrected chi connectivity index (χ2v) is 3.28. The highest BCUT2D eigenvalue weighted by atomic mass is 32.1. The van der Waals surface area contributed by atoms with Crippen molar-refractivity contribution in [2.45, 2.75) is 6.92 Å². The molecule has 0 unspecified atom stereocenters. The van der Waals surface area contributed by atoms with E-state index in [1.807, 2.05) is 30.3 Å². The van der Waals surface area contributed by atoms with Crippen LogP contribution in [0, 0.1) is 0 Å². The maximum absolute atomic E-state index is 11.4. The molecule has 0 aliphatic rings. The van der Waals surface area contributed by atoms with Crippen molar-refractivity contribution in [3.05, 3.63) is 41.5 Å². The number of carbonyl (C=O) groups excluding carboxylic acids is 1. The number of hydrogen-bond donors (Lipinski definition) is 1. The van der Waals surface area contributed by atoms with Crippen molar-refractivity contribution in [2.75, 3.05) is 12.4 Å². The van der Waals surface area contributed by atoms with Gasteiger partial charge in [0.05, 0.1) is 6.61 Å². The van der Waals surface area contributed by atoms with E-state index < -0.39 is 0 Å². The van der Waals surface area contributed by atoms with Crippen molar-refractivity contribution in [2.24, 2.45) is 0 Å². The zero-order valence-electron chi connectivity index (χ0n) is 8.64. The topological polar surface area (TPSA) is 26.3 Å². The summed E-state index contributed by atoms with van der Waals surface area (Å²) in [5.74, 6) is 0.0876. The predicted molar refractivity (Wildman–Crippen MR) is 64.9 cm³/mol. The number of hydrogen-bond acceptors (Lipinski definition) is 3. The molecule has 0 aliphatic carbocycles. The van der Waals surface area contributed by atoms with Crippen LogP contribution in [-0.4, -0.2) is 18.3 Å². The van der Waals surface area contributed by atoms with Crippen LogP contribution in [0.3, 0.4) is 0 Å². The highest BCUT2D eigenvalue weighted by molar-refractivity contribution is 7.80. The molecule has 0 aromatic heterocycles. The van der Waals surface area contributed by atoms with Crippen LogP contribution < -0.4 is 0 Å². The van der Waals surface area contributed by atoms with Crippen LogP contribution in [0.1, 0.15) is 12.5 Å². The van der Waals surface area contributed by atoms with Crippen LogP contribution in [0.2, 0.25) is 0 Å². The molecule has 0 heterocycles. The minimum absolute atomic E-state index is 0.295. The van der Waals surface area contributed by atoms with Crippen LogP contribution in [0.5, 0.6) is 0 Å². The van der Waals surface area contributed by atoms with Gasteiger partial charge in [0.1, 0.15) is 0 Å². The van der Waals surface area contributed by atoms with Gasteiger partial charge in [-0.25, -0.2) is 4.79 Å².